The molecule has 0 spiro atoms. The summed E-state index contributed by atoms with van der Waals surface area (Å²) in [4.78, 5) is 11.4. The molecule has 2 atom stereocenters. The quantitative estimate of drug-likeness (QED) is 0.885. The SMILES string of the molecule is CC(C)(C)[C@H]1COC(N(Cc2c[nH]nn2)C2=N[C@@H](C(C)(C)C)CO2)=N1. The minimum absolute atomic E-state index is 0.0353. The van der Waals surface area contributed by atoms with Gasteiger partial charge in [-0.05, 0) is 10.8 Å². The summed E-state index contributed by atoms with van der Waals surface area (Å²) in [6.07, 6.45) is 1.75. The molecule has 25 heavy (non-hydrogen) atoms. The Kier molecular flexibility index (Phi) is 4.47. The van der Waals surface area contributed by atoms with Crippen LogP contribution in [0.4, 0.5) is 0 Å². The zero-order valence-corrected chi connectivity index (χ0v) is 15.9. The zero-order valence-electron chi connectivity index (χ0n) is 15.9. The molecule has 0 bridgehead atoms. The molecule has 8 nitrogen and oxygen atoms in total. The standard InChI is InChI=1S/C17H28N6O2/c1-16(2,3)12-9-24-14(19-12)23(8-11-7-18-22-21-11)15-20-13(10-25-15)17(4,5)6/h7,12-13H,8-10H2,1-6H3,(H,18,21,22)/t12-,13-/m1/s1. The fourth-order valence-corrected chi connectivity index (χ4v) is 2.59. The van der Waals surface area contributed by atoms with Gasteiger partial charge in [-0.3, -0.25) is 5.10 Å². The average Bonchev–Trinajstić information content (AvgIpc) is 3.23. The average molecular weight is 348 g/mol. The van der Waals surface area contributed by atoms with E-state index in [0.29, 0.717) is 31.8 Å². The molecule has 138 valence electrons. The number of hydrogen-bond acceptors (Lipinski definition) is 7. The highest BCUT2D eigenvalue weighted by atomic mass is 16.5. The van der Waals surface area contributed by atoms with E-state index >= 15 is 0 Å². The number of aromatic amines is 1. The molecule has 0 saturated heterocycles. The predicted molar refractivity (Wildman–Crippen MR) is 95.2 cm³/mol. The minimum Gasteiger partial charge on any atom is -0.463 e. The van der Waals surface area contributed by atoms with E-state index in [2.05, 4.69) is 57.0 Å². The van der Waals surface area contributed by atoms with Gasteiger partial charge in [0.1, 0.15) is 18.9 Å². The molecule has 2 aliphatic heterocycles. The molecule has 0 amide bonds. The number of nitrogens with one attached hydrogen (secondary N) is 1. The lowest BCUT2D eigenvalue weighted by Gasteiger charge is -2.22. The second-order valence-electron chi connectivity index (χ2n) is 8.76. The van der Waals surface area contributed by atoms with E-state index in [-0.39, 0.29) is 22.9 Å². The lowest BCUT2D eigenvalue weighted by atomic mass is 9.88. The van der Waals surface area contributed by atoms with Gasteiger partial charge in [0, 0.05) is 6.20 Å². The third kappa shape index (κ3) is 3.93. The number of nitrogens with zero attached hydrogens (tertiary/aromatic N) is 5. The van der Waals surface area contributed by atoms with Gasteiger partial charge in [-0.2, -0.15) is 0 Å². The van der Waals surface area contributed by atoms with Gasteiger partial charge in [0.05, 0.1) is 18.6 Å². The number of aliphatic imine (C=N–C) groups is 2. The smallest absolute Gasteiger partial charge is 0.296 e. The van der Waals surface area contributed by atoms with Crippen LogP contribution in [0.2, 0.25) is 0 Å². The van der Waals surface area contributed by atoms with Crippen molar-refractivity contribution in [1.29, 1.82) is 0 Å². The van der Waals surface area contributed by atoms with Crippen LogP contribution < -0.4 is 0 Å². The van der Waals surface area contributed by atoms with E-state index in [1.165, 1.54) is 0 Å². The van der Waals surface area contributed by atoms with Gasteiger partial charge in [0.15, 0.2) is 0 Å². The maximum absolute atomic E-state index is 5.89. The highest BCUT2D eigenvalue weighted by Crippen LogP contribution is 2.29. The summed E-state index contributed by atoms with van der Waals surface area (Å²) >= 11 is 0. The van der Waals surface area contributed by atoms with Crippen LogP contribution in [0.3, 0.4) is 0 Å². The second-order valence-corrected chi connectivity index (χ2v) is 8.76. The summed E-state index contributed by atoms with van der Waals surface area (Å²) in [6, 6.07) is 1.28. The molecule has 0 aromatic carbocycles. The summed E-state index contributed by atoms with van der Waals surface area (Å²) in [7, 11) is 0. The van der Waals surface area contributed by atoms with Crippen LogP contribution in [0.5, 0.6) is 0 Å². The molecule has 0 saturated carbocycles. The monoisotopic (exact) mass is 348 g/mol. The van der Waals surface area contributed by atoms with Crippen LogP contribution >= 0.6 is 0 Å². The summed E-state index contributed by atoms with van der Waals surface area (Å²) in [5.74, 6) is 0. The maximum Gasteiger partial charge on any atom is 0.296 e. The van der Waals surface area contributed by atoms with Crippen LogP contribution in [0.1, 0.15) is 47.2 Å². The molecule has 1 aromatic heterocycles. The normalized spacial score (nSPS) is 23.8. The van der Waals surface area contributed by atoms with Crippen LogP contribution in [0.25, 0.3) is 0 Å². The van der Waals surface area contributed by atoms with Crippen LogP contribution in [0.15, 0.2) is 16.2 Å². The largest absolute Gasteiger partial charge is 0.463 e. The van der Waals surface area contributed by atoms with Crippen molar-refractivity contribution in [2.45, 2.75) is 60.2 Å². The molecule has 0 radical (unpaired) electrons. The molecule has 0 aliphatic carbocycles. The summed E-state index contributed by atoms with van der Waals surface area (Å²) in [5, 5.41) is 10.6. The van der Waals surface area contributed by atoms with Gasteiger partial charge < -0.3 is 9.47 Å². The molecule has 3 rings (SSSR count). The Morgan fingerprint density at radius 3 is 1.88 bits per heavy atom. The van der Waals surface area contributed by atoms with Crippen molar-refractivity contribution in [2.75, 3.05) is 13.2 Å². The Morgan fingerprint density at radius 2 is 1.52 bits per heavy atom. The van der Waals surface area contributed by atoms with Gasteiger partial charge in [0.2, 0.25) is 0 Å². The van der Waals surface area contributed by atoms with Crippen LogP contribution in [-0.4, -0.2) is 57.7 Å². The Balaban J connectivity index is 1.87. The zero-order chi connectivity index (χ0) is 18.2. The van der Waals surface area contributed by atoms with E-state index in [1.807, 2.05) is 4.90 Å². The van der Waals surface area contributed by atoms with Gasteiger partial charge in [-0.15, -0.1) is 5.10 Å². The molecular formula is C17H28N6O2. The van der Waals surface area contributed by atoms with Gasteiger partial charge >= 0.3 is 0 Å². The topological polar surface area (TPSA) is 88.0 Å². The van der Waals surface area contributed by atoms with E-state index < -0.39 is 0 Å². The number of amidine groups is 2. The Bertz CT molecular complexity index is 614. The number of hydrogen-bond donors (Lipinski definition) is 1. The molecule has 0 fully saturated rings. The van der Waals surface area contributed by atoms with Crippen molar-refractivity contribution in [1.82, 2.24) is 20.3 Å². The molecule has 1 aromatic rings. The second kappa shape index (κ2) is 6.31. The van der Waals surface area contributed by atoms with Crippen molar-refractivity contribution in [2.24, 2.45) is 20.8 Å². The van der Waals surface area contributed by atoms with Crippen LogP contribution in [0, 0.1) is 10.8 Å². The van der Waals surface area contributed by atoms with E-state index in [1.54, 1.807) is 6.20 Å². The van der Waals surface area contributed by atoms with Crippen molar-refractivity contribution in [3.63, 3.8) is 0 Å². The summed E-state index contributed by atoms with van der Waals surface area (Å²) < 4.78 is 11.8. The maximum atomic E-state index is 5.89. The number of rotatable bonds is 2. The first-order chi connectivity index (χ1) is 11.6. The molecular weight excluding hydrogens is 320 g/mol. The third-order valence-corrected chi connectivity index (χ3v) is 4.52. The predicted octanol–water partition coefficient (Wildman–Crippen LogP) is 2.21. The summed E-state index contributed by atoms with van der Waals surface area (Å²) in [5.41, 5.74) is 0.845. The van der Waals surface area contributed by atoms with Crippen molar-refractivity contribution in [3.05, 3.63) is 11.9 Å². The van der Waals surface area contributed by atoms with Gasteiger partial charge in [-0.1, -0.05) is 46.8 Å². The lowest BCUT2D eigenvalue weighted by Crippen LogP contribution is -2.37. The first-order valence-electron chi connectivity index (χ1n) is 8.68. The molecule has 3 heterocycles. The van der Waals surface area contributed by atoms with Crippen LogP contribution in [-0.2, 0) is 16.0 Å². The van der Waals surface area contributed by atoms with E-state index in [9.17, 15) is 0 Å². The Labute approximate surface area is 148 Å². The fraction of sp³-hybridized carbons (Fsp3) is 0.765. The van der Waals surface area contributed by atoms with Crippen molar-refractivity contribution in [3.8, 4) is 0 Å². The number of H-pyrrole nitrogens is 1. The third-order valence-electron chi connectivity index (χ3n) is 4.52. The van der Waals surface area contributed by atoms with Crippen molar-refractivity contribution >= 4 is 12.0 Å². The van der Waals surface area contributed by atoms with E-state index in [4.69, 9.17) is 19.5 Å². The minimum atomic E-state index is 0.0353. The Hall–Kier alpha value is -2.12. The molecule has 1 N–H and O–H groups in total. The molecule has 0 unspecified atom stereocenters. The van der Waals surface area contributed by atoms with Gasteiger partial charge in [0.25, 0.3) is 12.0 Å². The molecule has 2 aliphatic rings. The number of aromatic nitrogens is 3. The molecule has 8 heteroatoms. The highest BCUT2D eigenvalue weighted by Gasteiger charge is 2.38. The van der Waals surface area contributed by atoms with Gasteiger partial charge in [-0.25, -0.2) is 14.9 Å². The highest BCUT2D eigenvalue weighted by molar-refractivity contribution is 5.94. The fourth-order valence-electron chi connectivity index (χ4n) is 2.59. The first-order valence-corrected chi connectivity index (χ1v) is 8.68. The Morgan fingerprint density at radius 1 is 1.00 bits per heavy atom. The number of ether oxygens (including phenoxy) is 2. The van der Waals surface area contributed by atoms with Crippen molar-refractivity contribution < 1.29 is 9.47 Å². The van der Waals surface area contributed by atoms with E-state index in [0.717, 1.165) is 5.69 Å². The summed E-state index contributed by atoms with van der Waals surface area (Å²) in [6.45, 7) is 14.5. The lowest BCUT2D eigenvalue weighted by molar-refractivity contribution is 0.202. The first kappa shape index (κ1) is 17.7.